The van der Waals surface area contributed by atoms with Crippen molar-refractivity contribution in [1.82, 2.24) is 15.5 Å². The molecule has 33 heavy (non-hydrogen) atoms. The minimum absolute atomic E-state index is 0.0555. The Morgan fingerprint density at radius 1 is 1.09 bits per heavy atom. The maximum absolute atomic E-state index is 14.5. The first-order valence-electron chi connectivity index (χ1n) is 10.8. The van der Waals surface area contributed by atoms with Crippen molar-refractivity contribution in [1.29, 1.82) is 0 Å². The molecule has 0 aromatic heterocycles. The Morgan fingerprint density at radius 3 is 2.64 bits per heavy atom. The average Bonchev–Trinajstić information content (AvgIpc) is 2.79. The molecule has 0 aliphatic carbocycles. The van der Waals surface area contributed by atoms with Crippen LogP contribution in [0.5, 0.6) is 17.2 Å². The molecule has 9 heteroatoms. The summed E-state index contributed by atoms with van der Waals surface area (Å²) in [6, 6.07) is 9.10. The molecule has 2 aromatic rings. The molecule has 0 saturated carbocycles. The maximum Gasteiger partial charge on any atom is 0.251 e. The molecule has 0 atom stereocenters. The second-order valence-corrected chi connectivity index (χ2v) is 7.68. The zero-order valence-corrected chi connectivity index (χ0v) is 18.8. The van der Waals surface area contributed by atoms with E-state index in [4.69, 9.17) is 9.47 Å². The monoisotopic (exact) mass is 457 g/mol. The Labute approximate surface area is 192 Å². The highest BCUT2D eigenvalue weighted by Crippen LogP contribution is 2.34. The first kappa shape index (κ1) is 24.0. The summed E-state index contributed by atoms with van der Waals surface area (Å²) in [5.41, 5.74) is 0.574. The predicted molar refractivity (Wildman–Crippen MR) is 120 cm³/mol. The van der Waals surface area contributed by atoms with E-state index < -0.39 is 5.82 Å². The molecule has 3 amide bonds. The number of nitrogens with one attached hydrogen (secondary N) is 2. The third-order valence-corrected chi connectivity index (χ3v) is 5.35. The standard InChI is InChI=1S/C24H28FN3O5/c1-16(29)28-12-4-8-23(30)27-15-18-19(25)6-3-7-20(18)33-21-10-9-17(14-22(21)32-2)24(31)26-11-5-13-28/h3,6-7,9-10,14H,4-5,8,11-13,15H2,1-2H3,(H,26,31)(H,27,30). The summed E-state index contributed by atoms with van der Waals surface area (Å²) >= 11 is 0. The Hall–Kier alpha value is -3.62. The SMILES string of the molecule is COc1cc2ccc1Oc1cccc(F)c1CNC(=O)CCCN(C(C)=O)CCCNC2=O. The lowest BCUT2D eigenvalue weighted by Gasteiger charge is -2.21. The van der Waals surface area contributed by atoms with E-state index in [0.717, 1.165) is 0 Å². The summed E-state index contributed by atoms with van der Waals surface area (Å²) in [5.74, 6) is -0.304. The molecule has 2 aliphatic rings. The van der Waals surface area contributed by atoms with Gasteiger partial charge in [0.1, 0.15) is 11.6 Å². The summed E-state index contributed by atoms with van der Waals surface area (Å²) in [4.78, 5) is 38.4. The number of methoxy groups -OCH3 is 1. The molecule has 2 aromatic carbocycles. The van der Waals surface area contributed by atoms with Crippen LogP contribution in [0.4, 0.5) is 4.39 Å². The number of rotatable bonds is 1. The molecule has 176 valence electrons. The summed E-state index contributed by atoms with van der Waals surface area (Å²) in [5, 5.41) is 5.54. The molecule has 2 heterocycles. The van der Waals surface area contributed by atoms with E-state index >= 15 is 0 Å². The van der Waals surface area contributed by atoms with Gasteiger partial charge >= 0.3 is 0 Å². The van der Waals surface area contributed by atoms with E-state index in [1.54, 1.807) is 29.2 Å². The third-order valence-electron chi connectivity index (χ3n) is 5.35. The van der Waals surface area contributed by atoms with Gasteiger partial charge in [0.2, 0.25) is 11.8 Å². The summed E-state index contributed by atoms with van der Waals surface area (Å²) < 4.78 is 25.8. The maximum atomic E-state index is 14.5. The van der Waals surface area contributed by atoms with Crippen molar-refractivity contribution in [3.63, 3.8) is 0 Å². The van der Waals surface area contributed by atoms with E-state index in [1.807, 2.05) is 0 Å². The fourth-order valence-electron chi connectivity index (χ4n) is 3.52. The normalized spacial score (nSPS) is 15.8. The molecule has 8 nitrogen and oxygen atoms in total. The summed E-state index contributed by atoms with van der Waals surface area (Å²) in [6.07, 6.45) is 1.24. The van der Waals surface area contributed by atoms with Crippen molar-refractivity contribution in [2.75, 3.05) is 26.7 Å². The zero-order valence-electron chi connectivity index (χ0n) is 18.8. The zero-order chi connectivity index (χ0) is 23.8. The predicted octanol–water partition coefficient (Wildman–Crippen LogP) is 3.01. The largest absolute Gasteiger partial charge is 0.493 e. The molecule has 0 radical (unpaired) electrons. The van der Waals surface area contributed by atoms with E-state index in [-0.39, 0.29) is 42.0 Å². The van der Waals surface area contributed by atoms with E-state index in [0.29, 0.717) is 49.5 Å². The number of carbonyl (C=O) groups excluding carboxylic acids is 3. The second kappa shape index (κ2) is 11.3. The van der Waals surface area contributed by atoms with Crippen LogP contribution in [0.2, 0.25) is 0 Å². The van der Waals surface area contributed by atoms with Gasteiger partial charge in [0.25, 0.3) is 5.91 Å². The first-order valence-corrected chi connectivity index (χ1v) is 10.8. The number of amides is 3. The van der Waals surface area contributed by atoms with E-state index in [9.17, 15) is 18.8 Å². The van der Waals surface area contributed by atoms with Crippen molar-refractivity contribution in [3.05, 3.63) is 53.3 Å². The minimum atomic E-state index is -0.517. The van der Waals surface area contributed by atoms with Gasteiger partial charge in [0.05, 0.1) is 7.11 Å². The van der Waals surface area contributed by atoms with Crippen LogP contribution >= 0.6 is 0 Å². The van der Waals surface area contributed by atoms with Crippen LogP contribution in [-0.4, -0.2) is 49.4 Å². The Bertz CT molecular complexity index is 1030. The van der Waals surface area contributed by atoms with Gasteiger partial charge in [-0.3, -0.25) is 14.4 Å². The average molecular weight is 458 g/mol. The number of fused-ring (bicyclic) bond motifs is 13. The van der Waals surface area contributed by atoms with Gasteiger partial charge < -0.3 is 25.0 Å². The Balaban J connectivity index is 1.90. The number of carbonyl (C=O) groups is 3. The molecule has 2 bridgehead atoms. The van der Waals surface area contributed by atoms with Gasteiger partial charge in [-0.05, 0) is 43.2 Å². The molecule has 0 fully saturated rings. The van der Waals surface area contributed by atoms with Crippen molar-refractivity contribution < 1.29 is 28.2 Å². The highest BCUT2D eigenvalue weighted by Gasteiger charge is 2.17. The Morgan fingerprint density at radius 2 is 1.88 bits per heavy atom. The van der Waals surface area contributed by atoms with Gasteiger partial charge in [0, 0.05) is 50.7 Å². The van der Waals surface area contributed by atoms with Gasteiger partial charge in [-0.15, -0.1) is 0 Å². The van der Waals surface area contributed by atoms with Crippen molar-refractivity contribution in [2.45, 2.75) is 32.7 Å². The van der Waals surface area contributed by atoms with Gasteiger partial charge in [-0.1, -0.05) is 6.07 Å². The molecule has 0 saturated heterocycles. The molecule has 0 unspecified atom stereocenters. The van der Waals surface area contributed by atoms with Crippen molar-refractivity contribution in [2.24, 2.45) is 0 Å². The van der Waals surface area contributed by atoms with Crippen LogP contribution in [0.1, 0.15) is 42.1 Å². The van der Waals surface area contributed by atoms with Crippen LogP contribution in [0.25, 0.3) is 0 Å². The van der Waals surface area contributed by atoms with Crippen LogP contribution in [0, 0.1) is 5.82 Å². The molecule has 0 spiro atoms. The van der Waals surface area contributed by atoms with E-state index in [1.165, 1.54) is 26.2 Å². The fraction of sp³-hybridized carbons (Fsp3) is 0.375. The molecular formula is C24H28FN3O5. The Kier molecular flexibility index (Phi) is 8.23. The molecule has 2 N–H and O–H groups in total. The number of hydrogen-bond acceptors (Lipinski definition) is 5. The topological polar surface area (TPSA) is 97.0 Å². The van der Waals surface area contributed by atoms with Gasteiger partial charge in [0.15, 0.2) is 11.5 Å². The third kappa shape index (κ3) is 6.44. The lowest BCUT2D eigenvalue weighted by molar-refractivity contribution is -0.129. The lowest BCUT2D eigenvalue weighted by Crippen LogP contribution is -2.34. The van der Waals surface area contributed by atoms with Gasteiger partial charge in [-0.25, -0.2) is 4.39 Å². The highest BCUT2D eigenvalue weighted by atomic mass is 19.1. The second-order valence-electron chi connectivity index (χ2n) is 7.68. The molecular weight excluding hydrogens is 429 g/mol. The lowest BCUT2D eigenvalue weighted by atomic mass is 10.1. The highest BCUT2D eigenvalue weighted by molar-refractivity contribution is 5.94. The number of halogens is 1. The van der Waals surface area contributed by atoms with Crippen molar-refractivity contribution in [3.8, 4) is 17.2 Å². The van der Waals surface area contributed by atoms with Crippen LogP contribution < -0.4 is 20.1 Å². The van der Waals surface area contributed by atoms with Crippen LogP contribution in [-0.2, 0) is 16.1 Å². The fourth-order valence-corrected chi connectivity index (χ4v) is 3.52. The quantitative estimate of drug-likeness (QED) is 0.686. The molecule has 2 aliphatic heterocycles. The van der Waals surface area contributed by atoms with Crippen molar-refractivity contribution >= 4 is 17.7 Å². The van der Waals surface area contributed by atoms with Gasteiger partial charge in [-0.2, -0.15) is 0 Å². The molecule has 4 rings (SSSR count). The number of benzene rings is 2. The minimum Gasteiger partial charge on any atom is -0.493 e. The van der Waals surface area contributed by atoms with Crippen LogP contribution in [0.15, 0.2) is 36.4 Å². The van der Waals surface area contributed by atoms with E-state index in [2.05, 4.69) is 10.6 Å². The first-order chi connectivity index (χ1) is 15.9. The van der Waals surface area contributed by atoms with Crippen LogP contribution in [0.3, 0.4) is 0 Å². The summed E-state index contributed by atoms with van der Waals surface area (Å²) in [6.45, 7) is 2.69. The summed E-state index contributed by atoms with van der Waals surface area (Å²) in [7, 11) is 1.45. The smallest absolute Gasteiger partial charge is 0.251 e. The number of nitrogens with zero attached hydrogens (tertiary/aromatic N) is 1. The number of ether oxygens (including phenoxy) is 2. The number of hydrogen-bond donors (Lipinski definition) is 2.